The first-order chi connectivity index (χ1) is 9.91. The van der Waals surface area contributed by atoms with E-state index in [4.69, 9.17) is 18.0 Å². The molecule has 0 radical (unpaired) electrons. The summed E-state index contributed by atoms with van der Waals surface area (Å²) < 4.78 is 0. The maximum Gasteiger partial charge on any atom is 0.227 e. The number of rotatable bonds is 4. The largest absolute Gasteiger partial charge is 0.392 e. The number of hydrogen-bond donors (Lipinski definition) is 1. The minimum atomic E-state index is -0.288. The summed E-state index contributed by atoms with van der Waals surface area (Å²) in [6.07, 6.45) is 0.472. The van der Waals surface area contributed by atoms with Crippen LogP contribution < -0.4 is 5.73 Å². The molecule has 1 fully saturated rings. The highest BCUT2D eigenvalue weighted by molar-refractivity contribution is 7.80. The molecule has 0 unspecified atom stereocenters. The lowest BCUT2D eigenvalue weighted by Gasteiger charge is -2.43. The highest BCUT2D eigenvalue weighted by atomic mass is 32.1. The Morgan fingerprint density at radius 1 is 1.19 bits per heavy atom. The molecule has 0 aliphatic carbocycles. The summed E-state index contributed by atoms with van der Waals surface area (Å²) in [6.45, 7) is 7.17. The van der Waals surface area contributed by atoms with Crippen molar-refractivity contribution in [1.82, 2.24) is 9.80 Å². The maximum absolute atomic E-state index is 12.3. The van der Waals surface area contributed by atoms with Crippen LogP contribution >= 0.6 is 12.2 Å². The van der Waals surface area contributed by atoms with Gasteiger partial charge in [-0.2, -0.15) is 0 Å². The van der Waals surface area contributed by atoms with Gasteiger partial charge in [0, 0.05) is 26.2 Å². The van der Waals surface area contributed by atoms with E-state index in [2.05, 4.69) is 4.90 Å². The van der Waals surface area contributed by atoms with Gasteiger partial charge in [0.1, 0.15) is 0 Å². The van der Waals surface area contributed by atoms with E-state index in [1.807, 2.05) is 49.1 Å². The summed E-state index contributed by atoms with van der Waals surface area (Å²) in [6, 6.07) is 9.87. The Morgan fingerprint density at radius 2 is 1.76 bits per heavy atom. The van der Waals surface area contributed by atoms with Gasteiger partial charge in [0.25, 0.3) is 0 Å². The van der Waals surface area contributed by atoms with E-state index < -0.39 is 0 Å². The summed E-state index contributed by atoms with van der Waals surface area (Å²) in [4.78, 5) is 17.0. The second-order valence-corrected chi connectivity index (χ2v) is 6.39. The smallest absolute Gasteiger partial charge is 0.227 e. The number of benzene rings is 1. The molecule has 1 aliphatic rings. The summed E-state index contributed by atoms with van der Waals surface area (Å²) >= 11 is 5.14. The van der Waals surface area contributed by atoms with Crippen LogP contribution in [0.1, 0.15) is 19.4 Å². The molecule has 1 saturated heterocycles. The summed E-state index contributed by atoms with van der Waals surface area (Å²) in [5, 5.41) is 0. The number of thiocarbonyl (C=S) groups is 1. The van der Waals surface area contributed by atoms with Crippen LogP contribution in [0.2, 0.25) is 0 Å². The Hall–Kier alpha value is -1.46. The van der Waals surface area contributed by atoms with Gasteiger partial charge in [-0.1, -0.05) is 42.5 Å². The molecule has 1 aromatic rings. The Labute approximate surface area is 131 Å². The van der Waals surface area contributed by atoms with Crippen molar-refractivity contribution in [3.8, 4) is 0 Å². The molecule has 2 N–H and O–H groups in total. The van der Waals surface area contributed by atoms with E-state index in [-0.39, 0.29) is 11.4 Å². The van der Waals surface area contributed by atoms with Gasteiger partial charge in [-0.05, 0) is 19.4 Å². The summed E-state index contributed by atoms with van der Waals surface area (Å²) in [5.41, 5.74) is 6.58. The van der Waals surface area contributed by atoms with Crippen molar-refractivity contribution in [2.24, 2.45) is 5.73 Å². The maximum atomic E-state index is 12.3. The Balaban J connectivity index is 1.89. The Kier molecular flexibility index (Phi) is 4.96. The summed E-state index contributed by atoms with van der Waals surface area (Å²) in [5.74, 6) is 0.189. The number of nitrogens with zero attached hydrogens (tertiary/aromatic N) is 2. The third-order valence-electron chi connectivity index (χ3n) is 4.22. The Morgan fingerprint density at radius 3 is 2.29 bits per heavy atom. The van der Waals surface area contributed by atoms with Crippen LogP contribution in [0.4, 0.5) is 0 Å². The minimum Gasteiger partial charge on any atom is -0.392 e. The average molecular weight is 305 g/mol. The van der Waals surface area contributed by atoms with Gasteiger partial charge in [-0.15, -0.1) is 0 Å². The monoisotopic (exact) mass is 305 g/mol. The topological polar surface area (TPSA) is 49.6 Å². The normalized spacial score (nSPS) is 16.8. The van der Waals surface area contributed by atoms with Crippen LogP contribution in [-0.2, 0) is 11.2 Å². The van der Waals surface area contributed by atoms with E-state index in [1.54, 1.807) is 0 Å². The van der Waals surface area contributed by atoms with Crippen molar-refractivity contribution >= 4 is 23.1 Å². The predicted molar refractivity (Wildman–Crippen MR) is 89.2 cm³/mol. The van der Waals surface area contributed by atoms with Crippen molar-refractivity contribution in [2.45, 2.75) is 25.8 Å². The zero-order chi connectivity index (χ0) is 15.5. The molecule has 21 heavy (non-hydrogen) atoms. The fourth-order valence-corrected chi connectivity index (χ4v) is 2.68. The van der Waals surface area contributed by atoms with Crippen molar-refractivity contribution in [3.63, 3.8) is 0 Å². The second kappa shape index (κ2) is 6.54. The van der Waals surface area contributed by atoms with Crippen molar-refractivity contribution in [3.05, 3.63) is 35.9 Å². The van der Waals surface area contributed by atoms with Gasteiger partial charge in [-0.3, -0.25) is 9.69 Å². The van der Waals surface area contributed by atoms with Crippen LogP contribution in [0.25, 0.3) is 0 Å². The molecule has 114 valence electrons. The average Bonchev–Trinajstić information content (AvgIpc) is 2.48. The molecule has 5 heteroatoms. The van der Waals surface area contributed by atoms with Gasteiger partial charge >= 0.3 is 0 Å². The zero-order valence-electron chi connectivity index (χ0n) is 12.7. The number of amides is 1. The number of piperazine rings is 1. The van der Waals surface area contributed by atoms with Crippen LogP contribution in [0, 0.1) is 0 Å². The lowest BCUT2D eigenvalue weighted by Crippen LogP contribution is -2.60. The molecule has 0 bridgehead atoms. The lowest BCUT2D eigenvalue weighted by atomic mass is 10.0. The molecule has 2 rings (SSSR count). The minimum absolute atomic E-state index is 0.189. The van der Waals surface area contributed by atoms with E-state index in [0.717, 1.165) is 31.7 Å². The van der Waals surface area contributed by atoms with Gasteiger partial charge in [0.15, 0.2) is 0 Å². The number of carbonyl (C=O) groups excluding carboxylic acids is 1. The van der Waals surface area contributed by atoms with Crippen LogP contribution in [-0.4, -0.2) is 52.4 Å². The quantitative estimate of drug-likeness (QED) is 0.855. The molecular formula is C16H23N3OS. The first-order valence-electron chi connectivity index (χ1n) is 7.28. The van der Waals surface area contributed by atoms with Gasteiger partial charge in [0.2, 0.25) is 5.91 Å². The van der Waals surface area contributed by atoms with E-state index in [0.29, 0.717) is 11.4 Å². The zero-order valence-corrected chi connectivity index (χ0v) is 13.5. The highest BCUT2D eigenvalue weighted by Crippen LogP contribution is 2.18. The molecule has 0 saturated carbocycles. The first-order valence-corrected chi connectivity index (χ1v) is 7.69. The van der Waals surface area contributed by atoms with E-state index in [9.17, 15) is 4.79 Å². The van der Waals surface area contributed by atoms with E-state index >= 15 is 0 Å². The van der Waals surface area contributed by atoms with Crippen LogP contribution in [0.15, 0.2) is 30.3 Å². The predicted octanol–water partition coefficient (Wildman–Crippen LogP) is 1.44. The third kappa shape index (κ3) is 3.80. The fraction of sp³-hybridized carbons (Fsp3) is 0.500. The highest BCUT2D eigenvalue weighted by Gasteiger charge is 2.33. The van der Waals surface area contributed by atoms with Gasteiger partial charge in [0.05, 0.1) is 16.9 Å². The SMILES string of the molecule is CC(C)(C(N)=S)N1CCN(C(=O)Cc2ccccc2)CC1. The third-order valence-corrected chi connectivity index (χ3v) is 4.72. The molecular weight excluding hydrogens is 282 g/mol. The lowest BCUT2D eigenvalue weighted by molar-refractivity contribution is -0.132. The van der Waals surface area contributed by atoms with Crippen molar-refractivity contribution in [1.29, 1.82) is 0 Å². The molecule has 1 aliphatic heterocycles. The number of hydrogen-bond acceptors (Lipinski definition) is 3. The fourth-order valence-electron chi connectivity index (χ4n) is 2.55. The molecule has 0 atom stereocenters. The van der Waals surface area contributed by atoms with Crippen LogP contribution in [0.5, 0.6) is 0 Å². The standard InChI is InChI=1S/C16H23N3OS/c1-16(2,15(17)21)19-10-8-18(9-11-19)14(20)12-13-6-4-3-5-7-13/h3-7H,8-12H2,1-2H3,(H2,17,21). The molecule has 4 nitrogen and oxygen atoms in total. The van der Waals surface area contributed by atoms with E-state index in [1.165, 1.54) is 0 Å². The Bertz CT molecular complexity index is 508. The van der Waals surface area contributed by atoms with Crippen molar-refractivity contribution in [2.75, 3.05) is 26.2 Å². The molecule has 1 amide bonds. The first kappa shape index (κ1) is 15.9. The second-order valence-electron chi connectivity index (χ2n) is 5.95. The van der Waals surface area contributed by atoms with Crippen LogP contribution in [0.3, 0.4) is 0 Å². The molecule has 1 aromatic carbocycles. The molecule has 0 spiro atoms. The summed E-state index contributed by atoms with van der Waals surface area (Å²) in [7, 11) is 0. The number of nitrogens with two attached hydrogens (primary N) is 1. The van der Waals surface area contributed by atoms with Gasteiger partial charge < -0.3 is 10.6 Å². The van der Waals surface area contributed by atoms with Crippen molar-refractivity contribution < 1.29 is 4.79 Å². The molecule has 0 aromatic heterocycles. The molecule has 1 heterocycles. The van der Waals surface area contributed by atoms with Gasteiger partial charge in [-0.25, -0.2) is 0 Å². The number of carbonyl (C=O) groups is 1.